The van der Waals surface area contributed by atoms with Crippen LogP contribution >= 0.6 is 0 Å². The standard InChI is InChI=1S/C14H23N5O2/c1-10(2)14-16-11(8-12(20)17-14)18(3)9-13(21)19-6-4-15-5-7-19/h8,10,15H,4-7,9H2,1-3H3,(H,16,17,20). The van der Waals surface area contributed by atoms with Crippen molar-refractivity contribution < 1.29 is 4.79 Å². The van der Waals surface area contributed by atoms with Gasteiger partial charge in [0.15, 0.2) is 0 Å². The second-order valence-corrected chi connectivity index (χ2v) is 5.63. The van der Waals surface area contributed by atoms with Crippen LogP contribution in [0.3, 0.4) is 0 Å². The number of rotatable bonds is 4. The molecule has 0 saturated carbocycles. The molecular weight excluding hydrogens is 270 g/mol. The van der Waals surface area contributed by atoms with Crippen molar-refractivity contribution in [1.82, 2.24) is 20.2 Å². The number of nitrogens with one attached hydrogen (secondary N) is 2. The molecule has 1 saturated heterocycles. The number of hydrogen-bond donors (Lipinski definition) is 2. The average Bonchev–Trinajstić information content (AvgIpc) is 2.47. The summed E-state index contributed by atoms with van der Waals surface area (Å²) in [6.45, 7) is 7.28. The molecule has 0 aliphatic carbocycles. The third-order valence-corrected chi connectivity index (χ3v) is 3.53. The Labute approximate surface area is 124 Å². The number of hydrogen-bond acceptors (Lipinski definition) is 5. The van der Waals surface area contributed by atoms with Crippen LogP contribution in [0.1, 0.15) is 25.6 Å². The first-order chi connectivity index (χ1) is 9.97. The van der Waals surface area contributed by atoms with Gasteiger partial charge in [0.1, 0.15) is 11.6 Å². The van der Waals surface area contributed by atoms with Gasteiger partial charge in [-0.2, -0.15) is 0 Å². The molecule has 1 aliphatic heterocycles. The monoisotopic (exact) mass is 293 g/mol. The molecule has 2 heterocycles. The number of H-pyrrole nitrogens is 1. The van der Waals surface area contributed by atoms with Gasteiger partial charge in [-0.15, -0.1) is 0 Å². The van der Waals surface area contributed by atoms with E-state index in [1.165, 1.54) is 6.07 Å². The van der Waals surface area contributed by atoms with Crippen LogP contribution in [0.2, 0.25) is 0 Å². The van der Waals surface area contributed by atoms with Crippen LogP contribution in [0.15, 0.2) is 10.9 Å². The molecule has 7 heteroatoms. The number of carbonyl (C=O) groups is 1. The molecule has 0 radical (unpaired) electrons. The molecule has 1 aliphatic rings. The summed E-state index contributed by atoms with van der Waals surface area (Å²) in [4.78, 5) is 34.6. The quantitative estimate of drug-likeness (QED) is 0.801. The van der Waals surface area contributed by atoms with Crippen LogP contribution in [-0.4, -0.2) is 60.5 Å². The fourth-order valence-corrected chi connectivity index (χ4v) is 2.23. The van der Waals surface area contributed by atoms with E-state index in [1.807, 2.05) is 18.7 Å². The number of aromatic nitrogens is 2. The van der Waals surface area contributed by atoms with Crippen molar-refractivity contribution in [3.63, 3.8) is 0 Å². The van der Waals surface area contributed by atoms with Crippen molar-refractivity contribution >= 4 is 11.7 Å². The molecule has 0 spiro atoms. The Morgan fingerprint density at radius 2 is 2.10 bits per heavy atom. The molecule has 21 heavy (non-hydrogen) atoms. The van der Waals surface area contributed by atoms with Crippen molar-refractivity contribution in [2.24, 2.45) is 0 Å². The van der Waals surface area contributed by atoms with Crippen LogP contribution in [0.5, 0.6) is 0 Å². The maximum Gasteiger partial charge on any atom is 0.252 e. The lowest BCUT2D eigenvalue weighted by Crippen LogP contribution is -2.49. The lowest BCUT2D eigenvalue weighted by atomic mass is 10.2. The van der Waals surface area contributed by atoms with E-state index in [2.05, 4.69) is 15.3 Å². The van der Waals surface area contributed by atoms with E-state index < -0.39 is 0 Å². The number of piperazine rings is 1. The third kappa shape index (κ3) is 4.04. The number of amides is 1. The summed E-state index contributed by atoms with van der Waals surface area (Å²) < 4.78 is 0. The van der Waals surface area contributed by atoms with Gasteiger partial charge in [0.05, 0.1) is 6.54 Å². The highest BCUT2D eigenvalue weighted by molar-refractivity contribution is 5.81. The molecule has 1 aromatic rings. The first-order valence-corrected chi connectivity index (χ1v) is 7.28. The molecule has 0 unspecified atom stereocenters. The van der Waals surface area contributed by atoms with Crippen molar-refractivity contribution in [2.75, 3.05) is 44.7 Å². The van der Waals surface area contributed by atoms with Crippen molar-refractivity contribution in [2.45, 2.75) is 19.8 Å². The molecule has 1 fully saturated rings. The van der Waals surface area contributed by atoms with Crippen molar-refractivity contribution in [3.8, 4) is 0 Å². The largest absolute Gasteiger partial charge is 0.350 e. The first-order valence-electron chi connectivity index (χ1n) is 7.28. The van der Waals surface area contributed by atoms with Gasteiger partial charge in [-0.25, -0.2) is 4.98 Å². The summed E-state index contributed by atoms with van der Waals surface area (Å²) >= 11 is 0. The molecule has 2 rings (SSSR count). The number of likely N-dealkylation sites (N-methyl/N-ethyl adjacent to an activating group) is 1. The van der Waals surface area contributed by atoms with E-state index >= 15 is 0 Å². The fraction of sp³-hybridized carbons (Fsp3) is 0.643. The van der Waals surface area contributed by atoms with E-state index in [1.54, 1.807) is 11.9 Å². The number of nitrogens with zero attached hydrogens (tertiary/aromatic N) is 3. The van der Waals surface area contributed by atoms with E-state index in [4.69, 9.17) is 0 Å². The summed E-state index contributed by atoms with van der Waals surface area (Å²) in [5.41, 5.74) is -0.190. The summed E-state index contributed by atoms with van der Waals surface area (Å²) in [5.74, 6) is 1.37. The molecule has 1 aromatic heterocycles. The van der Waals surface area contributed by atoms with Crippen LogP contribution in [0.4, 0.5) is 5.82 Å². The minimum absolute atomic E-state index is 0.0622. The number of anilines is 1. The fourth-order valence-electron chi connectivity index (χ4n) is 2.23. The van der Waals surface area contributed by atoms with E-state index in [0.717, 1.165) is 26.2 Å². The Kier molecular flexibility index (Phi) is 4.95. The van der Waals surface area contributed by atoms with Gasteiger partial charge in [-0.05, 0) is 0 Å². The predicted molar refractivity (Wildman–Crippen MR) is 81.7 cm³/mol. The zero-order valence-corrected chi connectivity index (χ0v) is 12.8. The van der Waals surface area contributed by atoms with Gasteiger partial charge >= 0.3 is 0 Å². The second kappa shape index (κ2) is 6.71. The zero-order valence-electron chi connectivity index (χ0n) is 12.8. The van der Waals surface area contributed by atoms with Gasteiger partial charge < -0.3 is 20.1 Å². The van der Waals surface area contributed by atoms with Crippen molar-refractivity contribution in [1.29, 1.82) is 0 Å². The normalized spacial score (nSPS) is 15.3. The Bertz CT molecular complexity index is 549. The van der Waals surface area contributed by atoms with E-state index in [9.17, 15) is 9.59 Å². The van der Waals surface area contributed by atoms with E-state index in [0.29, 0.717) is 11.6 Å². The number of aromatic amines is 1. The molecule has 0 bridgehead atoms. The Balaban J connectivity index is 2.07. The maximum atomic E-state index is 12.2. The molecular formula is C14H23N5O2. The van der Waals surface area contributed by atoms with Crippen LogP contribution < -0.4 is 15.8 Å². The van der Waals surface area contributed by atoms with E-state index in [-0.39, 0.29) is 23.9 Å². The predicted octanol–water partition coefficient (Wildman–Crippen LogP) is -0.239. The SMILES string of the molecule is CC(C)c1nc(N(C)CC(=O)N2CCNCC2)cc(=O)[nH]1. The second-order valence-electron chi connectivity index (χ2n) is 5.63. The third-order valence-electron chi connectivity index (χ3n) is 3.53. The Morgan fingerprint density at radius 3 is 2.71 bits per heavy atom. The Hall–Kier alpha value is -1.89. The number of carbonyl (C=O) groups excluding carboxylic acids is 1. The van der Waals surface area contributed by atoms with Crippen LogP contribution in [-0.2, 0) is 4.79 Å². The minimum atomic E-state index is -0.190. The Morgan fingerprint density at radius 1 is 1.43 bits per heavy atom. The van der Waals surface area contributed by atoms with Crippen LogP contribution in [0.25, 0.3) is 0 Å². The summed E-state index contributed by atoms with van der Waals surface area (Å²) in [6, 6.07) is 1.43. The lowest BCUT2D eigenvalue weighted by molar-refractivity contribution is -0.130. The topological polar surface area (TPSA) is 81.3 Å². The lowest BCUT2D eigenvalue weighted by Gasteiger charge is -2.29. The molecule has 2 N–H and O–H groups in total. The summed E-state index contributed by atoms with van der Waals surface area (Å²) in [6.07, 6.45) is 0. The van der Waals surface area contributed by atoms with Gasteiger partial charge in [0.2, 0.25) is 5.91 Å². The highest BCUT2D eigenvalue weighted by Gasteiger charge is 2.18. The minimum Gasteiger partial charge on any atom is -0.350 e. The molecule has 116 valence electrons. The molecule has 7 nitrogen and oxygen atoms in total. The van der Waals surface area contributed by atoms with Gasteiger partial charge in [0.25, 0.3) is 5.56 Å². The zero-order chi connectivity index (χ0) is 15.4. The van der Waals surface area contributed by atoms with Gasteiger partial charge in [-0.1, -0.05) is 13.8 Å². The summed E-state index contributed by atoms with van der Waals surface area (Å²) in [7, 11) is 1.78. The highest BCUT2D eigenvalue weighted by Crippen LogP contribution is 2.12. The highest BCUT2D eigenvalue weighted by atomic mass is 16.2. The average molecular weight is 293 g/mol. The van der Waals surface area contributed by atoms with Gasteiger partial charge in [0, 0.05) is 45.2 Å². The molecule has 1 amide bonds. The first kappa shape index (κ1) is 15.5. The molecule has 0 atom stereocenters. The molecule has 0 aromatic carbocycles. The van der Waals surface area contributed by atoms with Gasteiger partial charge in [-0.3, -0.25) is 9.59 Å². The smallest absolute Gasteiger partial charge is 0.252 e. The van der Waals surface area contributed by atoms with Crippen LogP contribution in [0, 0.1) is 0 Å². The maximum absolute atomic E-state index is 12.2. The van der Waals surface area contributed by atoms with Crippen molar-refractivity contribution in [3.05, 3.63) is 22.2 Å². The summed E-state index contributed by atoms with van der Waals surface area (Å²) in [5, 5.41) is 3.22.